The van der Waals surface area contributed by atoms with Gasteiger partial charge in [0.15, 0.2) is 11.7 Å². The van der Waals surface area contributed by atoms with Crippen LogP contribution in [0, 0.1) is 0 Å². The standard InChI is InChI=1S/C18H25N5O2S/c1-6-12(2)23(17(25)14-11-26-22-21-14)15(13-9-7-8-10-19-13)16(24)20-18(3,4)5/h7-12,15H,6H2,1-5H3,(H,20,24)/t12-,15-/m1/s1. The van der Waals surface area contributed by atoms with Crippen LogP contribution in [0.4, 0.5) is 0 Å². The molecule has 7 nitrogen and oxygen atoms in total. The molecule has 0 saturated carbocycles. The van der Waals surface area contributed by atoms with E-state index in [-0.39, 0.29) is 23.6 Å². The van der Waals surface area contributed by atoms with Gasteiger partial charge in [0.25, 0.3) is 5.91 Å². The first kappa shape index (κ1) is 20.0. The van der Waals surface area contributed by atoms with Crippen molar-refractivity contribution in [2.45, 2.75) is 58.7 Å². The maximum absolute atomic E-state index is 13.1. The fourth-order valence-electron chi connectivity index (χ4n) is 2.54. The molecule has 0 radical (unpaired) electrons. The van der Waals surface area contributed by atoms with E-state index in [0.717, 1.165) is 11.5 Å². The summed E-state index contributed by atoms with van der Waals surface area (Å²) in [6, 6.07) is 4.32. The third-order valence-electron chi connectivity index (χ3n) is 3.87. The zero-order valence-corrected chi connectivity index (χ0v) is 16.6. The normalized spacial score (nSPS) is 13.7. The lowest BCUT2D eigenvalue weighted by Crippen LogP contribution is -2.51. The van der Waals surface area contributed by atoms with Crippen molar-refractivity contribution in [3.63, 3.8) is 0 Å². The van der Waals surface area contributed by atoms with E-state index >= 15 is 0 Å². The molecule has 0 saturated heterocycles. The van der Waals surface area contributed by atoms with Crippen LogP contribution in [0.25, 0.3) is 0 Å². The second-order valence-electron chi connectivity index (χ2n) is 7.16. The van der Waals surface area contributed by atoms with Gasteiger partial charge in [0.2, 0.25) is 5.91 Å². The van der Waals surface area contributed by atoms with Crippen LogP contribution in [0.2, 0.25) is 0 Å². The molecule has 0 aromatic carbocycles. The summed E-state index contributed by atoms with van der Waals surface area (Å²) in [5.74, 6) is -0.596. The van der Waals surface area contributed by atoms with Crippen molar-refractivity contribution in [3.05, 3.63) is 41.2 Å². The molecule has 140 valence electrons. The number of amides is 2. The summed E-state index contributed by atoms with van der Waals surface area (Å²) < 4.78 is 3.78. The number of rotatable bonds is 6. The fraction of sp³-hybridized carbons (Fsp3) is 0.500. The van der Waals surface area contributed by atoms with Crippen LogP contribution >= 0.6 is 11.5 Å². The molecule has 0 aliphatic carbocycles. The molecule has 1 N–H and O–H groups in total. The van der Waals surface area contributed by atoms with Crippen LogP contribution in [0.3, 0.4) is 0 Å². The zero-order chi connectivity index (χ0) is 19.3. The summed E-state index contributed by atoms with van der Waals surface area (Å²) in [6.07, 6.45) is 2.31. The molecule has 2 heterocycles. The lowest BCUT2D eigenvalue weighted by molar-refractivity contribution is -0.128. The van der Waals surface area contributed by atoms with Gasteiger partial charge >= 0.3 is 0 Å². The summed E-state index contributed by atoms with van der Waals surface area (Å²) >= 11 is 1.11. The number of nitrogens with zero attached hydrogens (tertiary/aromatic N) is 4. The minimum atomic E-state index is -0.848. The van der Waals surface area contributed by atoms with Crippen molar-refractivity contribution in [1.29, 1.82) is 0 Å². The van der Waals surface area contributed by atoms with E-state index in [2.05, 4.69) is 19.9 Å². The number of hydrogen-bond acceptors (Lipinski definition) is 6. The number of carbonyl (C=O) groups excluding carboxylic acids is 2. The van der Waals surface area contributed by atoms with Gasteiger partial charge in [-0.15, -0.1) is 5.10 Å². The SMILES string of the molecule is CC[C@@H](C)N(C(=O)c1csnn1)[C@@H](C(=O)NC(C)(C)C)c1ccccn1. The van der Waals surface area contributed by atoms with Gasteiger partial charge in [0, 0.05) is 23.2 Å². The Hall–Kier alpha value is -2.35. The maximum atomic E-state index is 13.1. The number of pyridine rings is 1. The number of nitrogens with one attached hydrogen (secondary N) is 1. The van der Waals surface area contributed by atoms with Gasteiger partial charge in [-0.1, -0.05) is 17.5 Å². The van der Waals surface area contributed by atoms with E-state index in [0.29, 0.717) is 12.1 Å². The minimum absolute atomic E-state index is 0.179. The molecule has 0 spiro atoms. The first-order valence-corrected chi connectivity index (χ1v) is 9.41. The molecule has 2 amide bonds. The first-order valence-electron chi connectivity index (χ1n) is 8.57. The Morgan fingerprint density at radius 1 is 1.31 bits per heavy atom. The third-order valence-corrected chi connectivity index (χ3v) is 4.38. The second kappa shape index (κ2) is 8.35. The topological polar surface area (TPSA) is 88.1 Å². The maximum Gasteiger partial charge on any atom is 0.276 e. The summed E-state index contributed by atoms with van der Waals surface area (Å²) in [4.78, 5) is 32.1. The number of carbonyl (C=O) groups is 2. The Labute approximate surface area is 158 Å². The summed E-state index contributed by atoms with van der Waals surface area (Å²) in [5, 5.41) is 8.45. The molecule has 8 heteroatoms. The molecule has 2 aromatic heterocycles. The smallest absolute Gasteiger partial charge is 0.276 e. The first-order chi connectivity index (χ1) is 12.2. The molecule has 0 fully saturated rings. The lowest BCUT2D eigenvalue weighted by atomic mass is 10.0. The van der Waals surface area contributed by atoms with Crippen molar-refractivity contribution in [2.24, 2.45) is 0 Å². The van der Waals surface area contributed by atoms with Gasteiger partial charge in [-0.25, -0.2) is 0 Å². The predicted molar refractivity (Wildman–Crippen MR) is 101 cm³/mol. The minimum Gasteiger partial charge on any atom is -0.349 e. The molecule has 0 unspecified atom stereocenters. The van der Waals surface area contributed by atoms with Crippen LogP contribution in [-0.4, -0.2) is 42.9 Å². The highest BCUT2D eigenvalue weighted by Crippen LogP contribution is 2.26. The van der Waals surface area contributed by atoms with Crippen LogP contribution in [0.15, 0.2) is 29.8 Å². The van der Waals surface area contributed by atoms with Crippen molar-refractivity contribution in [1.82, 2.24) is 24.8 Å². The van der Waals surface area contributed by atoms with E-state index in [1.807, 2.05) is 40.7 Å². The summed E-state index contributed by atoms with van der Waals surface area (Å²) in [7, 11) is 0. The Bertz CT molecular complexity index is 728. The summed E-state index contributed by atoms with van der Waals surface area (Å²) in [5.41, 5.74) is 0.321. The number of aromatic nitrogens is 3. The highest BCUT2D eigenvalue weighted by Gasteiger charge is 2.37. The quantitative estimate of drug-likeness (QED) is 0.839. The van der Waals surface area contributed by atoms with Crippen molar-refractivity contribution in [3.8, 4) is 0 Å². The summed E-state index contributed by atoms with van der Waals surface area (Å²) in [6.45, 7) is 9.60. The Kier molecular flexibility index (Phi) is 6.42. The van der Waals surface area contributed by atoms with E-state index in [9.17, 15) is 9.59 Å². The van der Waals surface area contributed by atoms with Gasteiger partial charge in [0.05, 0.1) is 5.69 Å². The highest BCUT2D eigenvalue weighted by molar-refractivity contribution is 7.03. The van der Waals surface area contributed by atoms with Crippen LogP contribution < -0.4 is 5.32 Å². The zero-order valence-electron chi connectivity index (χ0n) is 15.8. The van der Waals surface area contributed by atoms with Gasteiger partial charge in [-0.2, -0.15) is 0 Å². The van der Waals surface area contributed by atoms with Crippen molar-refractivity contribution < 1.29 is 9.59 Å². The van der Waals surface area contributed by atoms with Crippen LogP contribution in [-0.2, 0) is 4.79 Å². The highest BCUT2D eigenvalue weighted by atomic mass is 32.1. The van der Waals surface area contributed by atoms with E-state index in [1.54, 1.807) is 28.6 Å². The number of hydrogen-bond donors (Lipinski definition) is 1. The lowest BCUT2D eigenvalue weighted by Gasteiger charge is -2.36. The third kappa shape index (κ3) is 4.85. The van der Waals surface area contributed by atoms with Gasteiger partial charge in [-0.05, 0) is 57.8 Å². The molecule has 2 aromatic rings. The van der Waals surface area contributed by atoms with E-state index in [4.69, 9.17) is 0 Å². The van der Waals surface area contributed by atoms with Crippen molar-refractivity contribution in [2.75, 3.05) is 0 Å². The Morgan fingerprint density at radius 3 is 2.54 bits per heavy atom. The molecule has 26 heavy (non-hydrogen) atoms. The molecule has 2 atom stereocenters. The van der Waals surface area contributed by atoms with Gasteiger partial charge in [-0.3, -0.25) is 14.6 Å². The average Bonchev–Trinajstić information content (AvgIpc) is 3.12. The Morgan fingerprint density at radius 2 is 2.04 bits per heavy atom. The van der Waals surface area contributed by atoms with Gasteiger partial charge < -0.3 is 10.2 Å². The predicted octanol–water partition coefficient (Wildman–Crippen LogP) is 2.83. The monoisotopic (exact) mass is 375 g/mol. The van der Waals surface area contributed by atoms with E-state index < -0.39 is 11.6 Å². The van der Waals surface area contributed by atoms with Crippen LogP contribution in [0.1, 0.15) is 63.3 Å². The molecular weight excluding hydrogens is 350 g/mol. The average molecular weight is 375 g/mol. The molecule has 0 bridgehead atoms. The molecular formula is C18H25N5O2S. The van der Waals surface area contributed by atoms with Crippen molar-refractivity contribution >= 4 is 23.3 Å². The largest absolute Gasteiger partial charge is 0.349 e. The molecule has 0 aliphatic rings. The van der Waals surface area contributed by atoms with Crippen LogP contribution in [0.5, 0.6) is 0 Å². The molecule has 2 rings (SSSR count). The molecule has 0 aliphatic heterocycles. The van der Waals surface area contributed by atoms with Gasteiger partial charge in [0.1, 0.15) is 0 Å². The fourth-order valence-corrected chi connectivity index (χ4v) is 2.97. The second-order valence-corrected chi connectivity index (χ2v) is 7.77. The Balaban J connectivity index is 2.51. The van der Waals surface area contributed by atoms with E-state index in [1.165, 1.54) is 0 Å².